The molecule has 84 valence electrons. The van der Waals surface area contributed by atoms with Crippen molar-refractivity contribution < 1.29 is 14.7 Å². The number of urea groups is 1. The van der Waals surface area contributed by atoms with E-state index in [1.54, 1.807) is 18.2 Å². The predicted molar refractivity (Wildman–Crippen MR) is 59.0 cm³/mol. The van der Waals surface area contributed by atoms with Gasteiger partial charge in [0.15, 0.2) is 0 Å². The number of nitrogens with one attached hydrogen (secondary N) is 2. The van der Waals surface area contributed by atoms with E-state index in [1.165, 1.54) is 13.1 Å². The van der Waals surface area contributed by atoms with E-state index in [-0.39, 0.29) is 6.03 Å². The zero-order chi connectivity index (χ0) is 12.0. The summed E-state index contributed by atoms with van der Waals surface area (Å²) in [5, 5.41) is 13.3. The SMILES string of the molecule is CNC(=O)Nc1cccc(/C=C/C(=O)O)n1. The molecule has 0 saturated carbocycles. The summed E-state index contributed by atoms with van der Waals surface area (Å²) in [6.07, 6.45) is 2.32. The van der Waals surface area contributed by atoms with Crippen LogP contribution < -0.4 is 10.6 Å². The van der Waals surface area contributed by atoms with E-state index in [0.29, 0.717) is 11.5 Å². The monoisotopic (exact) mass is 221 g/mol. The van der Waals surface area contributed by atoms with Crippen LogP contribution in [0.25, 0.3) is 6.08 Å². The van der Waals surface area contributed by atoms with E-state index in [9.17, 15) is 9.59 Å². The van der Waals surface area contributed by atoms with Gasteiger partial charge in [0.2, 0.25) is 0 Å². The van der Waals surface area contributed by atoms with E-state index in [0.717, 1.165) is 6.08 Å². The first kappa shape index (κ1) is 11.7. The van der Waals surface area contributed by atoms with Crippen LogP contribution in [-0.2, 0) is 4.79 Å². The third-order valence-electron chi connectivity index (χ3n) is 1.64. The fourth-order valence-corrected chi connectivity index (χ4v) is 0.949. The maximum Gasteiger partial charge on any atom is 0.328 e. The molecule has 1 aromatic heterocycles. The molecule has 0 unspecified atom stereocenters. The van der Waals surface area contributed by atoms with E-state index in [4.69, 9.17) is 5.11 Å². The average Bonchev–Trinajstić information content (AvgIpc) is 2.26. The highest BCUT2D eigenvalue weighted by Gasteiger charge is 1.99. The zero-order valence-electron chi connectivity index (χ0n) is 8.60. The Morgan fingerprint density at radius 2 is 2.19 bits per heavy atom. The number of aromatic nitrogens is 1. The molecule has 0 bridgehead atoms. The standard InChI is InChI=1S/C10H11N3O3/c1-11-10(16)13-8-4-2-3-7(12-8)5-6-9(14)15/h2-6H,1H3,(H,14,15)(H2,11,12,13,16)/b6-5+. The molecule has 0 fully saturated rings. The van der Waals surface area contributed by atoms with Crippen molar-refractivity contribution in [1.82, 2.24) is 10.3 Å². The van der Waals surface area contributed by atoms with Gasteiger partial charge in [0.1, 0.15) is 5.82 Å². The summed E-state index contributed by atoms with van der Waals surface area (Å²) >= 11 is 0. The number of amides is 2. The van der Waals surface area contributed by atoms with Gasteiger partial charge in [-0.1, -0.05) is 6.07 Å². The van der Waals surface area contributed by atoms with Gasteiger partial charge in [0.25, 0.3) is 0 Å². The molecule has 0 aliphatic carbocycles. The molecular formula is C10H11N3O3. The van der Waals surface area contributed by atoms with Gasteiger partial charge in [-0.05, 0) is 18.2 Å². The van der Waals surface area contributed by atoms with Crippen LogP contribution in [-0.4, -0.2) is 29.1 Å². The summed E-state index contributed by atoms with van der Waals surface area (Å²) in [6.45, 7) is 0. The first-order chi connectivity index (χ1) is 7.61. The molecule has 0 spiro atoms. The predicted octanol–water partition coefficient (Wildman–Crippen LogP) is 0.931. The largest absolute Gasteiger partial charge is 0.478 e. The van der Waals surface area contributed by atoms with Crippen LogP contribution in [0.2, 0.25) is 0 Å². The number of carboxylic acids is 1. The molecule has 1 aromatic rings. The van der Waals surface area contributed by atoms with Crippen LogP contribution >= 0.6 is 0 Å². The van der Waals surface area contributed by atoms with Crippen LogP contribution in [0.4, 0.5) is 10.6 Å². The molecule has 0 saturated heterocycles. The Morgan fingerprint density at radius 1 is 1.44 bits per heavy atom. The maximum atomic E-state index is 11.0. The van der Waals surface area contributed by atoms with Crippen molar-refractivity contribution in [3.8, 4) is 0 Å². The van der Waals surface area contributed by atoms with E-state index >= 15 is 0 Å². The minimum Gasteiger partial charge on any atom is -0.478 e. The van der Waals surface area contributed by atoms with Gasteiger partial charge in [0.05, 0.1) is 5.69 Å². The van der Waals surface area contributed by atoms with Crippen molar-refractivity contribution in [3.05, 3.63) is 30.0 Å². The van der Waals surface area contributed by atoms with Crippen molar-refractivity contribution in [1.29, 1.82) is 0 Å². The number of hydrogen-bond donors (Lipinski definition) is 3. The molecule has 2 amide bonds. The second-order valence-electron chi connectivity index (χ2n) is 2.82. The van der Waals surface area contributed by atoms with Gasteiger partial charge in [0, 0.05) is 13.1 Å². The lowest BCUT2D eigenvalue weighted by Crippen LogP contribution is -2.24. The fourth-order valence-electron chi connectivity index (χ4n) is 0.949. The Bertz CT molecular complexity index is 429. The highest BCUT2D eigenvalue weighted by Crippen LogP contribution is 2.05. The molecular weight excluding hydrogens is 210 g/mol. The first-order valence-corrected chi connectivity index (χ1v) is 4.48. The van der Waals surface area contributed by atoms with Crippen molar-refractivity contribution in [2.24, 2.45) is 0 Å². The normalized spacial score (nSPS) is 10.1. The number of carbonyl (C=O) groups is 2. The highest BCUT2D eigenvalue weighted by atomic mass is 16.4. The fraction of sp³-hybridized carbons (Fsp3) is 0.100. The summed E-state index contributed by atoms with van der Waals surface area (Å²) in [6, 6.07) is 4.52. The van der Waals surface area contributed by atoms with Gasteiger partial charge in [-0.25, -0.2) is 14.6 Å². The Hall–Kier alpha value is -2.37. The number of anilines is 1. The number of carboxylic acid groups (broad SMARTS) is 1. The molecule has 0 aromatic carbocycles. The molecule has 0 aliphatic rings. The molecule has 6 nitrogen and oxygen atoms in total. The van der Waals surface area contributed by atoms with E-state index in [1.807, 2.05) is 0 Å². The van der Waals surface area contributed by atoms with Crippen LogP contribution in [0, 0.1) is 0 Å². The number of hydrogen-bond acceptors (Lipinski definition) is 3. The minimum absolute atomic E-state index is 0.354. The van der Waals surface area contributed by atoms with Crippen LogP contribution in [0.3, 0.4) is 0 Å². The lowest BCUT2D eigenvalue weighted by Gasteiger charge is -2.03. The van der Waals surface area contributed by atoms with Crippen LogP contribution in [0.1, 0.15) is 5.69 Å². The van der Waals surface area contributed by atoms with Gasteiger partial charge in [-0.15, -0.1) is 0 Å². The van der Waals surface area contributed by atoms with E-state index < -0.39 is 5.97 Å². The van der Waals surface area contributed by atoms with Crippen molar-refractivity contribution >= 4 is 23.9 Å². The number of rotatable bonds is 3. The Labute approximate surface area is 92.0 Å². The topological polar surface area (TPSA) is 91.3 Å². The molecule has 3 N–H and O–H groups in total. The highest BCUT2D eigenvalue weighted by molar-refractivity contribution is 5.88. The van der Waals surface area contributed by atoms with Crippen molar-refractivity contribution in [3.63, 3.8) is 0 Å². The number of nitrogens with zero attached hydrogens (tertiary/aromatic N) is 1. The number of aliphatic carboxylic acids is 1. The number of pyridine rings is 1. The summed E-state index contributed by atoms with van der Waals surface area (Å²) in [5.74, 6) is -0.696. The molecule has 16 heavy (non-hydrogen) atoms. The van der Waals surface area contributed by atoms with Crippen molar-refractivity contribution in [2.75, 3.05) is 12.4 Å². The smallest absolute Gasteiger partial charge is 0.328 e. The third-order valence-corrected chi connectivity index (χ3v) is 1.64. The first-order valence-electron chi connectivity index (χ1n) is 4.48. The van der Waals surface area contributed by atoms with Gasteiger partial charge >= 0.3 is 12.0 Å². The molecule has 0 atom stereocenters. The molecule has 0 radical (unpaired) electrons. The van der Waals surface area contributed by atoms with Gasteiger partial charge in [-0.3, -0.25) is 5.32 Å². The average molecular weight is 221 g/mol. The Morgan fingerprint density at radius 3 is 2.81 bits per heavy atom. The van der Waals surface area contributed by atoms with Crippen LogP contribution in [0.5, 0.6) is 0 Å². The van der Waals surface area contributed by atoms with E-state index in [2.05, 4.69) is 15.6 Å². The quantitative estimate of drug-likeness (QED) is 0.662. The third kappa shape index (κ3) is 3.79. The Kier molecular flexibility index (Phi) is 4.02. The number of carbonyl (C=O) groups excluding carboxylic acids is 1. The Balaban J connectivity index is 2.78. The minimum atomic E-state index is -1.05. The second kappa shape index (κ2) is 5.50. The van der Waals surface area contributed by atoms with Gasteiger partial charge < -0.3 is 10.4 Å². The lowest BCUT2D eigenvalue weighted by molar-refractivity contribution is -0.131. The molecule has 1 heterocycles. The van der Waals surface area contributed by atoms with Crippen molar-refractivity contribution in [2.45, 2.75) is 0 Å². The molecule has 6 heteroatoms. The second-order valence-corrected chi connectivity index (χ2v) is 2.82. The molecule has 1 rings (SSSR count). The lowest BCUT2D eigenvalue weighted by atomic mass is 10.3. The maximum absolute atomic E-state index is 11.0. The summed E-state index contributed by atoms with van der Waals surface area (Å²) < 4.78 is 0. The van der Waals surface area contributed by atoms with Crippen LogP contribution in [0.15, 0.2) is 24.3 Å². The molecule has 0 aliphatic heterocycles. The van der Waals surface area contributed by atoms with Gasteiger partial charge in [-0.2, -0.15) is 0 Å². The summed E-state index contributed by atoms with van der Waals surface area (Å²) in [4.78, 5) is 25.3. The summed E-state index contributed by atoms with van der Waals surface area (Å²) in [5.41, 5.74) is 0.455. The summed E-state index contributed by atoms with van der Waals surface area (Å²) in [7, 11) is 1.49. The zero-order valence-corrected chi connectivity index (χ0v) is 8.60.